The van der Waals surface area contributed by atoms with Crippen molar-refractivity contribution in [3.8, 4) is 0 Å². The molecule has 2 N–H and O–H groups in total. The highest BCUT2D eigenvalue weighted by molar-refractivity contribution is 5.78. The lowest BCUT2D eigenvalue weighted by molar-refractivity contribution is -0.132. The molecule has 4 heteroatoms. The van der Waals surface area contributed by atoms with Gasteiger partial charge in [-0.1, -0.05) is 12.8 Å². The van der Waals surface area contributed by atoms with Crippen LogP contribution in [0, 0.1) is 0 Å². The molecule has 0 aliphatic carbocycles. The second-order valence-electron chi connectivity index (χ2n) is 4.79. The second-order valence-corrected chi connectivity index (χ2v) is 4.79. The van der Waals surface area contributed by atoms with Crippen molar-refractivity contribution in [3.05, 3.63) is 0 Å². The molecule has 1 aliphatic heterocycles. The van der Waals surface area contributed by atoms with Crippen molar-refractivity contribution < 1.29 is 4.79 Å². The first-order valence-corrected chi connectivity index (χ1v) is 6.33. The van der Waals surface area contributed by atoms with Crippen LogP contribution in [0.2, 0.25) is 0 Å². The van der Waals surface area contributed by atoms with Crippen LogP contribution in [0.1, 0.15) is 32.6 Å². The molecule has 1 fully saturated rings. The van der Waals surface area contributed by atoms with E-state index >= 15 is 0 Å². The maximum absolute atomic E-state index is 12.0. The van der Waals surface area contributed by atoms with Crippen LogP contribution in [0.4, 0.5) is 0 Å². The summed E-state index contributed by atoms with van der Waals surface area (Å²) in [5.74, 6) is 0.254. The number of amides is 1. The lowest BCUT2D eigenvalue weighted by atomic mass is 10.2. The zero-order valence-corrected chi connectivity index (χ0v) is 10.6. The topological polar surface area (TPSA) is 49.6 Å². The average molecular weight is 227 g/mol. The minimum atomic E-state index is 0.254. The van der Waals surface area contributed by atoms with Gasteiger partial charge in [0.25, 0.3) is 0 Å². The molecule has 1 aliphatic rings. The quantitative estimate of drug-likeness (QED) is 0.768. The Morgan fingerprint density at radius 2 is 1.88 bits per heavy atom. The van der Waals surface area contributed by atoms with E-state index in [4.69, 9.17) is 5.73 Å². The third-order valence-electron chi connectivity index (χ3n) is 3.44. The molecule has 1 saturated heterocycles. The monoisotopic (exact) mass is 227 g/mol. The van der Waals surface area contributed by atoms with Gasteiger partial charge in [-0.3, -0.25) is 9.69 Å². The smallest absolute Gasteiger partial charge is 0.236 e. The molecule has 0 aromatic carbocycles. The molecule has 0 aromatic heterocycles. The Morgan fingerprint density at radius 3 is 2.38 bits per heavy atom. The van der Waals surface area contributed by atoms with Crippen LogP contribution >= 0.6 is 0 Å². The van der Waals surface area contributed by atoms with Gasteiger partial charge in [-0.25, -0.2) is 0 Å². The molecule has 0 bridgehead atoms. The van der Waals surface area contributed by atoms with Crippen molar-refractivity contribution in [1.29, 1.82) is 0 Å². The van der Waals surface area contributed by atoms with Crippen molar-refractivity contribution in [2.24, 2.45) is 5.73 Å². The van der Waals surface area contributed by atoms with Gasteiger partial charge >= 0.3 is 0 Å². The third kappa shape index (κ3) is 4.10. The predicted octanol–water partition coefficient (Wildman–Crippen LogP) is 0.668. The SMILES string of the molecule is CC(CN)N(C)CC(=O)N1CCCCCC1. The van der Waals surface area contributed by atoms with E-state index < -0.39 is 0 Å². The summed E-state index contributed by atoms with van der Waals surface area (Å²) in [5.41, 5.74) is 5.59. The van der Waals surface area contributed by atoms with Gasteiger partial charge in [-0.05, 0) is 26.8 Å². The molecule has 1 atom stereocenters. The van der Waals surface area contributed by atoms with Gasteiger partial charge in [-0.15, -0.1) is 0 Å². The molecular formula is C12H25N3O. The normalized spacial score (nSPS) is 19.6. The highest BCUT2D eigenvalue weighted by Crippen LogP contribution is 2.10. The van der Waals surface area contributed by atoms with Crippen LogP contribution in [0.15, 0.2) is 0 Å². The Hall–Kier alpha value is -0.610. The zero-order chi connectivity index (χ0) is 12.0. The molecule has 16 heavy (non-hydrogen) atoms. The summed E-state index contributed by atoms with van der Waals surface area (Å²) in [6.45, 7) is 5.02. The molecule has 1 unspecified atom stereocenters. The maximum atomic E-state index is 12.0. The van der Waals surface area contributed by atoms with Crippen LogP contribution in [0.3, 0.4) is 0 Å². The van der Waals surface area contributed by atoms with Gasteiger partial charge < -0.3 is 10.6 Å². The van der Waals surface area contributed by atoms with Crippen LogP contribution in [-0.2, 0) is 4.79 Å². The molecule has 0 radical (unpaired) electrons. The molecule has 1 rings (SSSR count). The van der Waals surface area contributed by atoms with E-state index in [1.807, 2.05) is 16.8 Å². The van der Waals surface area contributed by atoms with E-state index in [2.05, 4.69) is 6.92 Å². The Labute approximate surface area is 98.8 Å². The number of hydrogen-bond donors (Lipinski definition) is 1. The Kier molecular flexibility index (Phi) is 5.77. The molecule has 0 saturated carbocycles. The minimum Gasteiger partial charge on any atom is -0.342 e. The fourth-order valence-corrected chi connectivity index (χ4v) is 1.97. The first-order valence-electron chi connectivity index (χ1n) is 6.33. The molecule has 0 aromatic rings. The van der Waals surface area contributed by atoms with Gasteiger partial charge in [-0.2, -0.15) is 0 Å². The van der Waals surface area contributed by atoms with Crippen molar-refractivity contribution in [2.45, 2.75) is 38.6 Å². The molecule has 94 valence electrons. The number of carbonyl (C=O) groups excluding carboxylic acids is 1. The largest absolute Gasteiger partial charge is 0.342 e. The van der Waals surface area contributed by atoms with E-state index in [-0.39, 0.29) is 11.9 Å². The van der Waals surface area contributed by atoms with E-state index in [1.54, 1.807) is 0 Å². The van der Waals surface area contributed by atoms with Gasteiger partial charge in [0.15, 0.2) is 0 Å². The van der Waals surface area contributed by atoms with Crippen molar-refractivity contribution in [3.63, 3.8) is 0 Å². The number of nitrogens with zero attached hydrogens (tertiary/aromatic N) is 2. The summed E-state index contributed by atoms with van der Waals surface area (Å²) in [4.78, 5) is 16.1. The van der Waals surface area contributed by atoms with Crippen molar-refractivity contribution >= 4 is 5.91 Å². The summed E-state index contributed by atoms with van der Waals surface area (Å²) in [5, 5.41) is 0. The first kappa shape index (κ1) is 13.5. The molecule has 4 nitrogen and oxygen atoms in total. The Balaban J connectivity index is 2.37. The number of rotatable bonds is 4. The molecule has 1 heterocycles. The summed E-state index contributed by atoms with van der Waals surface area (Å²) >= 11 is 0. The van der Waals surface area contributed by atoms with Crippen molar-refractivity contribution in [1.82, 2.24) is 9.80 Å². The van der Waals surface area contributed by atoms with E-state index in [0.717, 1.165) is 25.9 Å². The van der Waals surface area contributed by atoms with Crippen LogP contribution in [-0.4, -0.2) is 55.0 Å². The molecule has 0 spiro atoms. The number of hydrogen-bond acceptors (Lipinski definition) is 3. The standard InChI is InChI=1S/C12H25N3O/c1-11(9-13)14(2)10-12(16)15-7-5-3-4-6-8-15/h11H,3-10,13H2,1-2H3. The number of likely N-dealkylation sites (tertiary alicyclic amines) is 1. The van der Waals surface area contributed by atoms with E-state index in [9.17, 15) is 4.79 Å². The number of carbonyl (C=O) groups is 1. The Morgan fingerprint density at radius 1 is 1.31 bits per heavy atom. The minimum absolute atomic E-state index is 0.254. The number of likely N-dealkylation sites (N-methyl/N-ethyl adjacent to an activating group) is 1. The first-order chi connectivity index (χ1) is 7.65. The second kappa shape index (κ2) is 6.86. The van der Waals surface area contributed by atoms with Gasteiger partial charge in [0.2, 0.25) is 5.91 Å². The van der Waals surface area contributed by atoms with Gasteiger partial charge in [0.05, 0.1) is 6.54 Å². The summed E-state index contributed by atoms with van der Waals surface area (Å²) in [7, 11) is 1.97. The summed E-state index contributed by atoms with van der Waals surface area (Å²) in [6, 6.07) is 0.274. The van der Waals surface area contributed by atoms with Crippen LogP contribution in [0.25, 0.3) is 0 Å². The highest BCUT2D eigenvalue weighted by Gasteiger charge is 2.18. The average Bonchev–Trinajstić information content (AvgIpc) is 2.56. The summed E-state index contributed by atoms with van der Waals surface area (Å²) in [6.07, 6.45) is 4.83. The number of nitrogens with two attached hydrogens (primary N) is 1. The van der Waals surface area contributed by atoms with Gasteiger partial charge in [0.1, 0.15) is 0 Å². The molecule has 1 amide bonds. The lowest BCUT2D eigenvalue weighted by Gasteiger charge is -2.27. The fraction of sp³-hybridized carbons (Fsp3) is 0.917. The van der Waals surface area contributed by atoms with Gasteiger partial charge in [0, 0.05) is 25.7 Å². The maximum Gasteiger partial charge on any atom is 0.236 e. The summed E-state index contributed by atoms with van der Waals surface area (Å²) < 4.78 is 0. The predicted molar refractivity (Wildman–Crippen MR) is 66.2 cm³/mol. The highest BCUT2D eigenvalue weighted by atomic mass is 16.2. The zero-order valence-electron chi connectivity index (χ0n) is 10.6. The van der Waals surface area contributed by atoms with E-state index in [1.165, 1.54) is 12.8 Å². The molecular weight excluding hydrogens is 202 g/mol. The third-order valence-corrected chi connectivity index (χ3v) is 3.44. The van der Waals surface area contributed by atoms with Crippen LogP contribution in [0.5, 0.6) is 0 Å². The lowest BCUT2D eigenvalue weighted by Crippen LogP contribution is -2.44. The fourth-order valence-electron chi connectivity index (χ4n) is 1.97. The van der Waals surface area contributed by atoms with Crippen molar-refractivity contribution in [2.75, 3.05) is 33.2 Å². The van der Waals surface area contributed by atoms with E-state index in [0.29, 0.717) is 13.1 Å². The van der Waals surface area contributed by atoms with Crippen LogP contribution < -0.4 is 5.73 Å². The Bertz CT molecular complexity index is 212.